The number of hydrogen-bond acceptors (Lipinski definition) is 3. The first kappa shape index (κ1) is 27.2. The van der Waals surface area contributed by atoms with Crippen LogP contribution in [-0.4, -0.2) is 23.2 Å². The van der Waals surface area contributed by atoms with Gasteiger partial charge in [0.1, 0.15) is 5.58 Å². The molecule has 4 aromatic carbocycles. The van der Waals surface area contributed by atoms with Crippen LogP contribution in [0.3, 0.4) is 0 Å². The van der Waals surface area contributed by atoms with Gasteiger partial charge in [0.15, 0.2) is 0 Å². The van der Waals surface area contributed by atoms with E-state index in [4.69, 9.17) is 15.4 Å². The molecule has 3 heterocycles. The van der Waals surface area contributed by atoms with E-state index in [0.29, 0.717) is 11.2 Å². The molecule has 3 aromatic heterocycles. The summed E-state index contributed by atoms with van der Waals surface area (Å²) in [5, 5.41) is 3.67. The van der Waals surface area contributed by atoms with Gasteiger partial charge in [-0.2, -0.15) is 0 Å². The van der Waals surface area contributed by atoms with E-state index >= 15 is 0 Å². The molecular formula is C44H46GeIrN2O-2. The largest absolute Gasteiger partial charge is 0.501 e. The Bertz CT molecular complexity index is 2590. The zero-order chi connectivity index (χ0) is 41.2. The number of pyridine rings is 2. The van der Waals surface area contributed by atoms with Gasteiger partial charge in [0.2, 0.25) is 0 Å². The van der Waals surface area contributed by atoms with E-state index in [1.165, 1.54) is 4.40 Å². The molecule has 1 radical (unpaired) electrons. The first-order chi connectivity index (χ1) is 25.9. The molecule has 0 aliphatic heterocycles. The molecule has 0 saturated carbocycles. The summed E-state index contributed by atoms with van der Waals surface area (Å²) >= 11 is -2.03. The van der Waals surface area contributed by atoms with Gasteiger partial charge in [-0.25, -0.2) is 0 Å². The maximum atomic E-state index is 8.97. The number of benzene rings is 4. The molecule has 253 valence electrons. The van der Waals surface area contributed by atoms with E-state index in [2.05, 4.69) is 45.4 Å². The van der Waals surface area contributed by atoms with E-state index in [0.717, 1.165) is 38.4 Å². The van der Waals surface area contributed by atoms with Gasteiger partial charge >= 0.3 is 120 Å². The summed E-state index contributed by atoms with van der Waals surface area (Å²) in [7, 11) is 0. The molecule has 0 bridgehead atoms. The first-order valence-corrected chi connectivity index (χ1v) is 23.5. The maximum Gasteiger partial charge on any atom is 0.121 e. The number of aromatic nitrogens is 2. The molecule has 0 aliphatic carbocycles. The molecule has 0 N–H and O–H groups in total. The Morgan fingerprint density at radius 2 is 1.65 bits per heavy atom. The standard InChI is InChI=1S/C27H24NO.C17H22GeN.Ir/c1-17-16-28-24(13-20(17)15-27(2,3)4)22-11-7-10-21-23-12-18-8-5-6-9-19(18)14-25(23)29-26(21)22;1-13(2)15-11-17(14-9-7-6-8-10-14)19-12-16(15)18(3,4)5;/h5-10,12-14,16H,15H2,1-4H3;6-9,11-13H,1-5H3;/q2*-1;/i1D3,13D,15D2,16D;13D;. The third-order valence-corrected chi connectivity index (χ3v) is 12.3. The van der Waals surface area contributed by atoms with Crippen molar-refractivity contribution >= 4 is 50.4 Å². The molecule has 0 amide bonds. The Kier molecular flexibility index (Phi) is 8.17. The number of rotatable bonds is 5. The molecule has 49 heavy (non-hydrogen) atoms. The molecule has 0 aliphatic rings. The van der Waals surface area contributed by atoms with E-state index < -0.39 is 49.5 Å². The van der Waals surface area contributed by atoms with Gasteiger partial charge in [0.05, 0.1) is 8.32 Å². The zero-order valence-corrected chi connectivity index (χ0v) is 33.7. The maximum absolute atomic E-state index is 8.97. The van der Waals surface area contributed by atoms with Crippen LogP contribution >= 0.6 is 0 Å². The fraction of sp³-hybridized carbons (Fsp3) is 0.273. The van der Waals surface area contributed by atoms with Crippen LogP contribution in [0.1, 0.15) is 68.2 Å². The van der Waals surface area contributed by atoms with Gasteiger partial charge in [-0.1, -0.05) is 67.6 Å². The van der Waals surface area contributed by atoms with Gasteiger partial charge in [-0.05, 0) is 52.8 Å². The first-order valence-electron chi connectivity index (χ1n) is 20.2. The van der Waals surface area contributed by atoms with Crippen LogP contribution in [0, 0.1) is 24.4 Å². The van der Waals surface area contributed by atoms with Gasteiger partial charge in [-0.15, -0.1) is 18.2 Å². The van der Waals surface area contributed by atoms with Crippen molar-refractivity contribution in [3.8, 4) is 22.5 Å². The Morgan fingerprint density at radius 3 is 2.31 bits per heavy atom. The van der Waals surface area contributed by atoms with Crippen molar-refractivity contribution < 1.29 is 35.5 Å². The fourth-order valence-electron chi connectivity index (χ4n) is 5.73. The van der Waals surface area contributed by atoms with Crippen LogP contribution in [0.5, 0.6) is 0 Å². The molecule has 0 fully saturated rings. The van der Waals surface area contributed by atoms with Gasteiger partial charge in [0, 0.05) is 38.5 Å². The molecule has 5 heteroatoms. The normalized spacial score (nSPS) is 15.0. The predicted octanol–water partition coefficient (Wildman–Crippen LogP) is 11.7. The number of nitrogens with zero attached hydrogens (tertiary/aromatic N) is 2. The summed E-state index contributed by atoms with van der Waals surface area (Å²) in [6.07, 6.45) is -0.820. The summed E-state index contributed by atoms with van der Waals surface area (Å²) in [5.74, 6) is 6.45. The average molecular weight is 892 g/mol. The van der Waals surface area contributed by atoms with Crippen molar-refractivity contribution in [2.24, 2.45) is 5.41 Å². The summed E-state index contributed by atoms with van der Waals surface area (Å²) in [5.41, 5.74) is 2.35. The van der Waals surface area contributed by atoms with Crippen molar-refractivity contribution in [3.63, 3.8) is 0 Å². The van der Waals surface area contributed by atoms with Crippen molar-refractivity contribution in [1.82, 2.24) is 9.97 Å². The van der Waals surface area contributed by atoms with Crippen LogP contribution < -0.4 is 4.40 Å². The molecule has 0 saturated heterocycles. The van der Waals surface area contributed by atoms with E-state index in [-0.39, 0.29) is 43.0 Å². The number of furan rings is 1. The van der Waals surface area contributed by atoms with Crippen LogP contribution in [0.4, 0.5) is 0 Å². The van der Waals surface area contributed by atoms with Gasteiger partial charge in [-0.3, -0.25) is 0 Å². The second-order valence-corrected chi connectivity index (χ2v) is 24.9. The quantitative estimate of drug-likeness (QED) is 0.128. The third-order valence-electron chi connectivity index (χ3n) is 8.04. The van der Waals surface area contributed by atoms with Crippen LogP contribution in [0.2, 0.25) is 17.3 Å². The Labute approximate surface area is 319 Å². The minimum Gasteiger partial charge on any atom is -0.501 e. The van der Waals surface area contributed by atoms with Crippen LogP contribution in [0.25, 0.3) is 55.2 Å². The predicted molar refractivity (Wildman–Crippen MR) is 207 cm³/mol. The molecule has 7 rings (SSSR count). The second-order valence-electron chi connectivity index (χ2n) is 14.4. The van der Waals surface area contributed by atoms with Crippen molar-refractivity contribution in [1.29, 1.82) is 0 Å². The fourth-order valence-corrected chi connectivity index (χ4v) is 9.05. The van der Waals surface area contributed by atoms with Crippen molar-refractivity contribution in [3.05, 3.63) is 126 Å². The minimum absolute atomic E-state index is 0. The smallest absolute Gasteiger partial charge is 0.121 e. The topological polar surface area (TPSA) is 38.9 Å². The number of fused-ring (bicyclic) bond motifs is 4. The van der Waals surface area contributed by atoms with Crippen LogP contribution in [0.15, 0.2) is 102 Å². The summed E-state index contributed by atoms with van der Waals surface area (Å²) in [4.78, 5) is 8.82. The van der Waals surface area contributed by atoms with E-state index in [1.54, 1.807) is 26.8 Å². The Morgan fingerprint density at radius 1 is 0.918 bits per heavy atom. The molecule has 0 atom stereocenters. The second kappa shape index (κ2) is 14.7. The summed E-state index contributed by atoms with van der Waals surface area (Å²) < 4.78 is 75.0. The number of hydrogen-bond donors (Lipinski definition) is 0. The van der Waals surface area contributed by atoms with E-state index in [9.17, 15) is 0 Å². The van der Waals surface area contributed by atoms with E-state index in [1.807, 2.05) is 86.8 Å². The molecular weight excluding hydrogens is 837 g/mol. The van der Waals surface area contributed by atoms with Crippen molar-refractivity contribution in [2.75, 3.05) is 0 Å². The zero-order valence-electron chi connectivity index (χ0n) is 37.2. The van der Waals surface area contributed by atoms with Crippen molar-refractivity contribution in [2.45, 2.75) is 71.0 Å². The summed E-state index contributed by atoms with van der Waals surface area (Å²) in [6, 6.07) is 31.2. The third kappa shape index (κ3) is 8.26. The monoisotopic (exact) mass is 893 g/mol. The minimum atomic E-state index is -2.82. The molecule has 0 unspecified atom stereocenters. The Balaban J connectivity index is 0.000000251. The summed E-state index contributed by atoms with van der Waals surface area (Å²) in [6.45, 7) is 6.00. The van der Waals surface area contributed by atoms with Gasteiger partial charge in [0.25, 0.3) is 0 Å². The Hall–Kier alpha value is -3.57. The SMILES string of the molecule is [2H]C(C)(C)c1cc(-c2[c-]cccc2)nc[c]1[Ge]([CH3])([CH3])[CH3].[2H]c1nc(-c2[c-]ccc3c2oc2cc4ccccc4cc23)c([2H])c(C([2H])([2H])C(C)(C)C)c1C([2H])([2H])[2H].[Ir]. The van der Waals surface area contributed by atoms with Crippen LogP contribution in [-0.2, 0) is 26.5 Å². The van der Waals surface area contributed by atoms with Gasteiger partial charge < -0.3 is 9.40 Å². The molecule has 0 spiro atoms. The molecule has 3 nitrogen and oxygen atoms in total. The molecule has 7 aromatic rings. The average Bonchev–Trinajstić information content (AvgIpc) is 3.47.